The van der Waals surface area contributed by atoms with E-state index in [9.17, 15) is 9.90 Å². The first-order valence-corrected chi connectivity index (χ1v) is 10.9. The van der Waals surface area contributed by atoms with E-state index in [1.807, 2.05) is 39.0 Å². The molecular weight excluding hydrogens is 406 g/mol. The third-order valence-corrected chi connectivity index (χ3v) is 5.68. The van der Waals surface area contributed by atoms with Gasteiger partial charge in [0.25, 0.3) is 0 Å². The van der Waals surface area contributed by atoms with Crippen LogP contribution in [-0.4, -0.2) is 54.2 Å². The minimum Gasteiger partial charge on any atom is -0.506 e. The second kappa shape index (κ2) is 9.91. The Morgan fingerprint density at radius 1 is 1.25 bits per heavy atom. The lowest BCUT2D eigenvalue weighted by atomic mass is 10.1. The summed E-state index contributed by atoms with van der Waals surface area (Å²) in [6.45, 7) is 7.86. The van der Waals surface area contributed by atoms with Crippen molar-refractivity contribution in [2.75, 3.05) is 30.4 Å². The van der Waals surface area contributed by atoms with Crippen LogP contribution in [0.1, 0.15) is 37.8 Å². The summed E-state index contributed by atoms with van der Waals surface area (Å²) in [6.07, 6.45) is 2.21. The lowest BCUT2D eigenvalue weighted by Gasteiger charge is -2.31. The van der Waals surface area contributed by atoms with Gasteiger partial charge in [-0.1, -0.05) is 0 Å². The minimum atomic E-state index is -0.386. The van der Waals surface area contributed by atoms with Crippen molar-refractivity contribution in [1.82, 2.24) is 4.90 Å². The maximum Gasteiger partial charge on any atom is 0.326 e. The van der Waals surface area contributed by atoms with E-state index in [4.69, 9.17) is 15.9 Å². The van der Waals surface area contributed by atoms with Gasteiger partial charge in [-0.05, 0) is 82.6 Å². The number of likely N-dealkylation sites (tertiary alicyclic amines) is 1. The molecule has 1 aliphatic heterocycles. The number of aromatic hydroxyl groups is 1. The largest absolute Gasteiger partial charge is 0.506 e. The van der Waals surface area contributed by atoms with Crippen LogP contribution in [-0.2, 0) is 0 Å². The van der Waals surface area contributed by atoms with Gasteiger partial charge in [-0.15, -0.1) is 0 Å². The zero-order valence-corrected chi connectivity index (χ0v) is 19.2. The number of ether oxygens (including phenoxy) is 1. The van der Waals surface area contributed by atoms with E-state index < -0.39 is 0 Å². The van der Waals surface area contributed by atoms with Gasteiger partial charge in [-0.25, -0.2) is 4.79 Å². The average molecular weight is 440 g/mol. The number of urea groups is 1. The number of phenolic OH excluding ortho intramolecular Hbond substituents is 1. The molecule has 5 N–H and O–H groups in total. The van der Waals surface area contributed by atoms with Crippen LogP contribution < -0.4 is 20.7 Å². The zero-order chi connectivity index (χ0) is 23.4. The molecule has 0 atom stereocenters. The van der Waals surface area contributed by atoms with Crippen LogP contribution >= 0.6 is 0 Å². The molecule has 1 saturated heterocycles. The summed E-state index contributed by atoms with van der Waals surface area (Å²) in [5.41, 5.74) is 7.83. The van der Waals surface area contributed by atoms with Gasteiger partial charge in [0.05, 0.1) is 5.69 Å². The van der Waals surface area contributed by atoms with Crippen molar-refractivity contribution < 1.29 is 14.6 Å². The third kappa shape index (κ3) is 5.50. The van der Waals surface area contributed by atoms with Gasteiger partial charge in [0, 0.05) is 30.4 Å². The number of rotatable bonds is 6. The fourth-order valence-electron chi connectivity index (χ4n) is 3.87. The van der Waals surface area contributed by atoms with Crippen molar-refractivity contribution in [1.29, 1.82) is 5.41 Å². The van der Waals surface area contributed by atoms with E-state index in [1.54, 1.807) is 4.90 Å². The average Bonchev–Trinajstić information content (AvgIpc) is 2.72. The maximum absolute atomic E-state index is 13.2. The number of nitrogens with one attached hydrogen (secondary N) is 2. The van der Waals surface area contributed by atoms with Gasteiger partial charge in [0.1, 0.15) is 23.4 Å². The second-order valence-electron chi connectivity index (χ2n) is 8.61. The van der Waals surface area contributed by atoms with Crippen molar-refractivity contribution in [3.8, 4) is 11.5 Å². The number of hydrogen-bond donors (Lipinski definition) is 4. The Bertz CT molecular complexity index is 984. The summed E-state index contributed by atoms with van der Waals surface area (Å²) in [5.74, 6) is 0.569. The summed E-state index contributed by atoms with van der Waals surface area (Å²) in [5, 5.41) is 20.5. The summed E-state index contributed by atoms with van der Waals surface area (Å²) in [6, 6.07) is 9.66. The molecule has 1 aliphatic rings. The van der Waals surface area contributed by atoms with Crippen molar-refractivity contribution in [3.05, 3.63) is 47.5 Å². The molecule has 32 heavy (non-hydrogen) atoms. The topological polar surface area (TPSA) is 115 Å². The fourth-order valence-corrected chi connectivity index (χ4v) is 3.87. The van der Waals surface area contributed by atoms with Crippen LogP contribution in [0.15, 0.2) is 36.4 Å². The predicted molar refractivity (Wildman–Crippen MR) is 128 cm³/mol. The monoisotopic (exact) mass is 439 g/mol. The summed E-state index contributed by atoms with van der Waals surface area (Å²) in [4.78, 5) is 17.1. The Hall–Kier alpha value is -3.26. The molecule has 172 valence electrons. The number of nitrogens with zero attached hydrogens (tertiary/aromatic N) is 2. The normalized spacial score (nSPS) is 14.9. The molecule has 2 aromatic rings. The molecule has 8 nitrogen and oxygen atoms in total. The SMILES string of the molecule is Cc1cc(OC2CCN(C)CC2)ccc1N(C(=O)Nc1cc(C(=N)N)ccc1O)C(C)C. The molecule has 0 aromatic heterocycles. The first-order chi connectivity index (χ1) is 15.2. The summed E-state index contributed by atoms with van der Waals surface area (Å²) in [7, 11) is 2.12. The first kappa shape index (κ1) is 23.4. The number of aryl methyl sites for hydroxylation is 1. The van der Waals surface area contributed by atoms with E-state index in [1.165, 1.54) is 18.2 Å². The van der Waals surface area contributed by atoms with Crippen molar-refractivity contribution >= 4 is 23.2 Å². The number of carbonyl (C=O) groups excluding carboxylic acids is 1. The number of phenols is 1. The Kier molecular flexibility index (Phi) is 7.25. The van der Waals surface area contributed by atoms with E-state index in [-0.39, 0.29) is 35.4 Å². The smallest absolute Gasteiger partial charge is 0.326 e. The molecule has 0 aliphatic carbocycles. The molecule has 0 radical (unpaired) electrons. The quantitative estimate of drug-likeness (QED) is 0.310. The second-order valence-corrected chi connectivity index (χ2v) is 8.61. The number of nitrogens with two attached hydrogens (primary N) is 1. The molecular formula is C24H33N5O3. The van der Waals surface area contributed by atoms with Gasteiger partial charge >= 0.3 is 6.03 Å². The Labute approximate surface area is 189 Å². The van der Waals surface area contributed by atoms with Crippen molar-refractivity contribution in [3.63, 3.8) is 0 Å². The van der Waals surface area contributed by atoms with E-state index in [2.05, 4.69) is 17.3 Å². The van der Waals surface area contributed by atoms with Gasteiger partial charge < -0.3 is 25.8 Å². The number of amides is 2. The van der Waals surface area contributed by atoms with E-state index in [0.717, 1.165) is 42.9 Å². The molecule has 0 spiro atoms. The van der Waals surface area contributed by atoms with Gasteiger partial charge in [-0.2, -0.15) is 0 Å². The highest BCUT2D eigenvalue weighted by Gasteiger charge is 2.23. The molecule has 0 unspecified atom stereocenters. The molecule has 2 amide bonds. The van der Waals surface area contributed by atoms with Gasteiger partial charge in [0.15, 0.2) is 0 Å². The molecule has 1 fully saturated rings. The predicted octanol–water partition coefficient (Wildman–Crippen LogP) is 3.90. The summed E-state index contributed by atoms with van der Waals surface area (Å²) >= 11 is 0. The molecule has 1 heterocycles. The highest BCUT2D eigenvalue weighted by Crippen LogP contribution is 2.30. The van der Waals surface area contributed by atoms with Crippen LogP contribution in [0.25, 0.3) is 0 Å². The van der Waals surface area contributed by atoms with Gasteiger partial charge in [0.2, 0.25) is 0 Å². The number of carbonyl (C=O) groups is 1. The molecule has 3 rings (SSSR count). The Morgan fingerprint density at radius 3 is 2.53 bits per heavy atom. The van der Waals surface area contributed by atoms with Crippen LogP contribution in [0.4, 0.5) is 16.2 Å². The minimum absolute atomic E-state index is 0.0920. The fraction of sp³-hybridized carbons (Fsp3) is 0.417. The number of amidine groups is 1. The lowest BCUT2D eigenvalue weighted by molar-refractivity contribution is 0.114. The third-order valence-electron chi connectivity index (χ3n) is 5.68. The van der Waals surface area contributed by atoms with Crippen LogP contribution in [0, 0.1) is 12.3 Å². The lowest BCUT2D eigenvalue weighted by Crippen LogP contribution is -2.40. The highest BCUT2D eigenvalue weighted by atomic mass is 16.5. The molecule has 0 bridgehead atoms. The number of benzene rings is 2. The maximum atomic E-state index is 13.2. The number of hydrogen-bond acceptors (Lipinski definition) is 5. The van der Waals surface area contributed by atoms with E-state index in [0.29, 0.717) is 5.56 Å². The molecule has 8 heteroatoms. The Morgan fingerprint density at radius 2 is 1.94 bits per heavy atom. The number of anilines is 2. The molecule has 0 saturated carbocycles. The number of piperidine rings is 1. The van der Waals surface area contributed by atoms with Crippen LogP contribution in [0.3, 0.4) is 0 Å². The van der Waals surface area contributed by atoms with Gasteiger partial charge in [-0.3, -0.25) is 10.3 Å². The standard InChI is InChI=1S/C24H33N5O3/c1-15(2)29(24(31)27-20-14-17(23(25)26)5-8-22(20)30)21-7-6-19(13-16(21)3)32-18-9-11-28(4)12-10-18/h5-8,13-15,18,30H,9-12H2,1-4H3,(H3,25,26)(H,27,31). The molecule has 2 aromatic carbocycles. The number of nitrogen functional groups attached to an aromatic ring is 1. The summed E-state index contributed by atoms with van der Waals surface area (Å²) < 4.78 is 6.18. The first-order valence-electron chi connectivity index (χ1n) is 10.9. The highest BCUT2D eigenvalue weighted by molar-refractivity contribution is 6.04. The van der Waals surface area contributed by atoms with Crippen LogP contribution in [0.5, 0.6) is 11.5 Å². The van der Waals surface area contributed by atoms with Crippen LogP contribution in [0.2, 0.25) is 0 Å². The zero-order valence-electron chi connectivity index (χ0n) is 19.2. The Balaban J connectivity index is 1.78. The van der Waals surface area contributed by atoms with Crippen molar-refractivity contribution in [2.24, 2.45) is 5.73 Å². The van der Waals surface area contributed by atoms with Crippen molar-refractivity contribution in [2.45, 2.75) is 45.8 Å². The van der Waals surface area contributed by atoms with E-state index >= 15 is 0 Å².